The molecule has 0 unspecified atom stereocenters. The molecule has 0 aliphatic carbocycles. The molecule has 1 heterocycles. The summed E-state index contributed by atoms with van der Waals surface area (Å²) in [6.07, 6.45) is 0.252. The Bertz CT molecular complexity index is 1250. The summed E-state index contributed by atoms with van der Waals surface area (Å²) in [6, 6.07) is 18.9. The largest absolute Gasteiger partial charge is 0.340 e. The van der Waals surface area contributed by atoms with Crippen molar-refractivity contribution in [1.82, 2.24) is 9.21 Å². The second-order valence-corrected chi connectivity index (χ2v) is 9.34. The van der Waals surface area contributed by atoms with Gasteiger partial charge in [0.15, 0.2) is 0 Å². The molecule has 3 aromatic carbocycles. The molecule has 0 aromatic heterocycles. The normalized spacial score (nSPS) is 15.2. The highest BCUT2D eigenvalue weighted by Gasteiger charge is 2.30. The number of amides is 1. The van der Waals surface area contributed by atoms with Crippen LogP contribution < -0.4 is 0 Å². The number of rotatable bonds is 5. The summed E-state index contributed by atoms with van der Waals surface area (Å²) in [5, 5.41) is 13.1. The molecule has 0 radical (unpaired) electrons. The van der Waals surface area contributed by atoms with Crippen LogP contribution in [0.5, 0.6) is 0 Å². The minimum atomic E-state index is -3.86. The fourth-order valence-electron chi connectivity index (χ4n) is 3.72. The fraction of sp³-hybridized carbons (Fsp3) is 0.227. The van der Waals surface area contributed by atoms with E-state index in [1.807, 2.05) is 42.5 Å². The van der Waals surface area contributed by atoms with E-state index < -0.39 is 14.9 Å². The number of fused-ring (bicyclic) bond motifs is 1. The smallest absolute Gasteiger partial charge is 0.270 e. The molecule has 31 heavy (non-hydrogen) atoms. The van der Waals surface area contributed by atoms with E-state index in [4.69, 9.17) is 0 Å². The van der Waals surface area contributed by atoms with Crippen LogP contribution >= 0.6 is 0 Å². The number of non-ortho nitro benzene ring substituents is 1. The van der Waals surface area contributed by atoms with Gasteiger partial charge < -0.3 is 4.90 Å². The maximum Gasteiger partial charge on any atom is 0.270 e. The Morgan fingerprint density at radius 3 is 2.32 bits per heavy atom. The molecule has 9 heteroatoms. The minimum absolute atomic E-state index is 0.0531. The highest BCUT2D eigenvalue weighted by molar-refractivity contribution is 7.89. The number of benzene rings is 3. The molecule has 1 fully saturated rings. The zero-order valence-corrected chi connectivity index (χ0v) is 17.5. The highest BCUT2D eigenvalue weighted by atomic mass is 32.2. The standard InChI is InChI=1S/C22H21N3O5S/c26-22(15-17-8-9-18-4-1-2-5-19(18)14-17)23-10-12-24(13-11-23)31(29,30)21-7-3-6-20(16-21)25(27)28/h1-9,14,16H,10-13,15H2. The van der Waals surface area contributed by atoms with Crippen molar-refractivity contribution in [2.24, 2.45) is 0 Å². The van der Waals surface area contributed by atoms with Gasteiger partial charge in [0.05, 0.1) is 16.2 Å². The number of nitro benzene ring substituents is 1. The summed E-state index contributed by atoms with van der Waals surface area (Å²) in [5.74, 6) is -0.0531. The lowest BCUT2D eigenvalue weighted by molar-refractivity contribution is -0.385. The van der Waals surface area contributed by atoms with Gasteiger partial charge in [0.1, 0.15) is 0 Å². The van der Waals surface area contributed by atoms with Crippen LogP contribution in [0.2, 0.25) is 0 Å². The number of piperazine rings is 1. The van der Waals surface area contributed by atoms with Crippen molar-refractivity contribution in [1.29, 1.82) is 0 Å². The van der Waals surface area contributed by atoms with Gasteiger partial charge in [0, 0.05) is 38.3 Å². The van der Waals surface area contributed by atoms with E-state index in [1.165, 1.54) is 22.5 Å². The first-order valence-corrected chi connectivity index (χ1v) is 11.3. The lowest BCUT2D eigenvalue weighted by atomic mass is 10.0. The van der Waals surface area contributed by atoms with E-state index in [9.17, 15) is 23.3 Å². The van der Waals surface area contributed by atoms with E-state index in [1.54, 1.807) is 4.90 Å². The number of hydrogen-bond donors (Lipinski definition) is 0. The van der Waals surface area contributed by atoms with Crippen molar-refractivity contribution in [3.05, 3.63) is 82.4 Å². The quantitative estimate of drug-likeness (QED) is 0.449. The summed E-state index contributed by atoms with van der Waals surface area (Å²) in [4.78, 5) is 24.6. The third kappa shape index (κ3) is 4.42. The van der Waals surface area contributed by atoms with Crippen molar-refractivity contribution in [3.8, 4) is 0 Å². The first-order chi connectivity index (χ1) is 14.8. The van der Waals surface area contributed by atoms with Crippen LogP contribution in [0.3, 0.4) is 0 Å². The molecular weight excluding hydrogens is 418 g/mol. The van der Waals surface area contributed by atoms with E-state index in [2.05, 4.69) is 0 Å². The van der Waals surface area contributed by atoms with Crippen LogP contribution in [-0.2, 0) is 21.2 Å². The van der Waals surface area contributed by atoms with E-state index in [0.717, 1.165) is 22.4 Å². The first-order valence-electron chi connectivity index (χ1n) is 9.85. The van der Waals surface area contributed by atoms with Crippen LogP contribution in [0.4, 0.5) is 5.69 Å². The van der Waals surface area contributed by atoms with Crippen molar-refractivity contribution >= 4 is 32.4 Å². The Hall–Kier alpha value is -3.30. The SMILES string of the molecule is O=C(Cc1ccc2ccccc2c1)N1CCN(S(=O)(=O)c2cccc([N+](=O)[O-])c2)CC1. The first kappa shape index (κ1) is 21.0. The van der Waals surface area contributed by atoms with Gasteiger partial charge in [0.2, 0.25) is 15.9 Å². The van der Waals surface area contributed by atoms with Gasteiger partial charge >= 0.3 is 0 Å². The molecule has 0 atom stereocenters. The summed E-state index contributed by atoms with van der Waals surface area (Å²) in [5.41, 5.74) is 0.639. The maximum atomic E-state index is 12.9. The molecule has 4 rings (SSSR count). The average Bonchev–Trinajstić information content (AvgIpc) is 2.79. The monoisotopic (exact) mass is 439 g/mol. The summed E-state index contributed by atoms with van der Waals surface area (Å²) >= 11 is 0. The fourth-order valence-corrected chi connectivity index (χ4v) is 5.18. The third-order valence-corrected chi connectivity index (χ3v) is 7.32. The van der Waals surface area contributed by atoms with Gasteiger partial charge in [-0.1, -0.05) is 48.5 Å². The Labute approximate surface area is 179 Å². The molecule has 0 bridgehead atoms. The lowest BCUT2D eigenvalue weighted by Crippen LogP contribution is -2.50. The minimum Gasteiger partial charge on any atom is -0.340 e. The number of nitrogens with zero attached hydrogens (tertiary/aromatic N) is 3. The second-order valence-electron chi connectivity index (χ2n) is 7.40. The second kappa shape index (κ2) is 8.44. The molecular formula is C22H21N3O5S. The number of carbonyl (C=O) groups excluding carboxylic acids is 1. The van der Waals surface area contributed by atoms with Crippen LogP contribution in [0.1, 0.15) is 5.56 Å². The van der Waals surface area contributed by atoms with Gasteiger partial charge in [-0.15, -0.1) is 0 Å². The number of carbonyl (C=O) groups is 1. The highest BCUT2D eigenvalue weighted by Crippen LogP contribution is 2.22. The Balaban J connectivity index is 1.41. The van der Waals surface area contributed by atoms with Crippen molar-refractivity contribution in [2.75, 3.05) is 26.2 Å². The Kier molecular flexibility index (Phi) is 5.71. The number of nitro groups is 1. The van der Waals surface area contributed by atoms with Crippen molar-refractivity contribution in [3.63, 3.8) is 0 Å². The van der Waals surface area contributed by atoms with E-state index in [-0.39, 0.29) is 49.1 Å². The maximum absolute atomic E-state index is 12.9. The molecule has 0 saturated carbocycles. The summed E-state index contributed by atoms with van der Waals surface area (Å²) < 4.78 is 27.0. The molecule has 160 valence electrons. The van der Waals surface area contributed by atoms with Crippen LogP contribution in [-0.4, -0.2) is 54.6 Å². The van der Waals surface area contributed by atoms with Crippen molar-refractivity contribution in [2.45, 2.75) is 11.3 Å². The summed E-state index contributed by atoms with van der Waals surface area (Å²) in [6.45, 7) is 0.851. The predicted molar refractivity (Wildman–Crippen MR) is 116 cm³/mol. The Morgan fingerprint density at radius 2 is 1.61 bits per heavy atom. The van der Waals surface area contributed by atoms with Crippen molar-refractivity contribution < 1.29 is 18.1 Å². The van der Waals surface area contributed by atoms with Gasteiger partial charge in [-0.25, -0.2) is 8.42 Å². The predicted octanol–water partition coefficient (Wildman–Crippen LogP) is 2.82. The lowest BCUT2D eigenvalue weighted by Gasteiger charge is -2.34. The molecule has 0 N–H and O–H groups in total. The zero-order chi connectivity index (χ0) is 22.0. The van der Waals surface area contributed by atoms with Gasteiger partial charge in [-0.05, 0) is 22.4 Å². The molecule has 3 aromatic rings. The molecule has 8 nitrogen and oxygen atoms in total. The average molecular weight is 439 g/mol. The topological polar surface area (TPSA) is 101 Å². The van der Waals surface area contributed by atoms with Crippen LogP contribution in [0.25, 0.3) is 10.8 Å². The molecule has 1 amide bonds. The van der Waals surface area contributed by atoms with Gasteiger partial charge in [0.25, 0.3) is 5.69 Å². The molecule has 0 spiro atoms. The number of sulfonamides is 1. The molecule has 1 aliphatic rings. The van der Waals surface area contributed by atoms with Crippen LogP contribution in [0, 0.1) is 10.1 Å². The Morgan fingerprint density at radius 1 is 0.903 bits per heavy atom. The van der Waals surface area contributed by atoms with Crippen LogP contribution in [0.15, 0.2) is 71.6 Å². The van der Waals surface area contributed by atoms with E-state index in [0.29, 0.717) is 0 Å². The van der Waals surface area contributed by atoms with Gasteiger partial charge in [-0.2, -0.15) is 4.31 Å². The molecule has 1 saturated heterocycles. The third-order valence-electron chi connectivity index (χ3n) is 5.43. The van der Waals surface area contributed by atoms with Gasteiger partial charge in [-0.3, -0.25) is 14.9 Å². The van der Waals surface area contributed by atoms with E-state index >= 15 is 0 Å². The summed E-state index contributed by atoms with van der Waals surface area (Å²) in [7, 11) is -3.86. The molecule has 1 aliphatic heterocycles. The number of hydrogen-bond acceptors (Lipinski definition) is 5. The zero-order valence-electron chi connectivity index (χ0n) is 16.7.